The molecule has 0 aliphatic carbocycles. The lowest BCUT2D eigenvalue weighted by Gasteiger charge is -2.08. The van der Waals surface area contributed by atoms with Crippen LogP contribution in [0, 0.1) is 0 Å². The van der Waals surface area contributed by atoms with Crippen LogP contribution in [0.5, 0.6) is 5.75 Å². The van der Waals surface area contributed by atoms with E-state index in [0.29, 0.717) is 12.4 Å². The number of aromatic nitrogens is 1. The largest absolute Gasteiger partial charge is 0.497 e. The fraction of sp³-hybridized carbons (Fsp3) is 0.214. The highest BCUT2D eigenvalue weighted by Gasteiger charge is 2.02. The summed E-state index contributed by atoms with van der Waals surface area (Å²) in [6.07, 6.45) is 2.67. The van der Waals surface area contributed by atoms with E-state index < -0.39 is 10.0 Å². The van der Waals surface area contributed by atoms with Crippen molar-refractivity contribution in [3.8, 4) is 5.75 Å². The van der Waals surface area contributed by atoms with Crippen molar-refractivity contribution in [1.82, 2.24) is 4.98 Å². The summed E-state index contributed by atoms with van der Waals surface area (Å²) in [4.78, 5) is 4.03. The number of methoxy groups -OCH3 is 1. The molecule has 112 valence electrons. The third kappa shape index (κ3) is 4.96. The van der Waals surface area contributed by atoms with E-state index in [1.54, 1.807) is 25.4 Å². The Labute approximate surface area is 124 Å². The standard InChI is InChI=1S/C14H17N3O3S/c1-20-13-6-3-11(4-7-13)9-15-12-5-8-14(16-10-12)17-21(2,18)19/h3-8,10,15H,9H2,1-2H3,(H,16,17). The SMILES string of the molecule is COc1ccc(CNc2ccc(NS(C)(=O)=O)nc2)cc1. The van der Waals surface area contributed by atoms with Crippen LogP contribution in [0.3, 0.4) is 0 Å². The maximum absolute atomic E-state index is 11.1. The van der Waals surface area contributed by atoms with Crippen LogP contribution >= 0.6 is 0 Å². The van der Waals surface area contributed by atoms with Crippen LogP contribution < -0.4 is 14.8 Å². The van der Waals surface area contributed by atoms with Gasteiger partial charge in [0.25, 0.3) is 0 Å². The van der Waals surface area contributed by atoms with E-state index in [4.69, 9.17) is 4.74 Å². The van der Waals surface area contributed by atoms with Gasteiger partial charge in [-0.3, -0.25) is 4.72 Å². The zero-order chi connectivity index (χ0) is 15.3. The van der Waals surface area contributed by atoms with Gasteiger partial charge in [0.2, 0.25) is 10.0 Å². The minimum atomic E-state index is -3.30. The molecule has 1 aromatic heterocycles. The lowest BCUT2D eigenvalue weighted by molar-refractivity contribution is 0.414. The van der Waals surface area contributed by atoms with E-state index >= 15 is 0 Å². The summed E-state index contributed by atoms with van der Waals surface area (Å²) in [6, 6.07) is 11.1. The molecule has 0 radical (unpaired) electrons. The number of hydrogen-bond acceptors (Lipinski definition) is 5. The second-order valence-corrected chi connectivity index (χ2v) is 6.26. The van der Waals surface area contributed by atoms with Crippen molar-refractivity contribution in [2.75, 3.05) is 23.4 Å². The fourth-order valence-electron chi connectivity index (χ4n) is 1.70. The van der Waals surface area contributed by atoms with Crippen molar-refractivity contribution in [2.45, 2.75) is 6.54 Å². The number of nitrogens with zero attached hydrogens (tertiary/aromatic N) is 1. The van der Waals surface area contributed by atoms with E-state index in [2.05, 4.69) is 15.0 Å². The second-order valence-electron chi connectivity index (χ2n) is 4.51. The smallest absolute Gasteiger partial charge is 0.230 e. The summed E-state index contributed by atoms with van der Waals surface area (Å²) in [5, 5.41) is 3.21. The van der Waals surface area contributed by atoms with Gasteiger partial charge in [0, 0.05) is 6.54 Å². The van der Waals surface area contributed by atoms with Gasteiger partial charge in [-0.15, -0.1) is 0 Å². The van der Waals surface area contributed by atoms with Gasteiger partial charge >= 0.3 is 0 Å². The Morgan fingerprint density at radius 1 is 1.14 bits per heavy atom. The average Bonchev–Trinajstić information content (AvgIpc) is 2.45. The first-order valence-corrected chi connectivity index (χ1v) is 8.16. The van der Waals surface area contributed by atoms with Crippen LogP contribution in [-0.2, 0) is 16.6 Å². The van der Waals surface area contributed by atoms with Crippen LogP contribution in [-0.4, -0.2) is 26.8 Å². The highest BCUT2D eigenvalue weighted by Crippen LogP contribution is 2.14. The Kier molecular flexibility index (Phi) is 4.64. The number of sulfonamides is 1. The summed E-state index contributed by atoms with van der Waals surface area (Å²) >= 11 is 0. The number of anilines is 2. The molecular weight excluding hydrogens is 290 g/mol. The number of nitrogens with one attached hydrogen (secondary N) is 2. The van der Waals surface area contributed by atoms with Gasteiger partial charge in [0.05, 0.1) is 25.2 Å². The van der Waals surface area contributed by atoms with Crippen LogP contribution in [0.15, 0.2) is 42.6 Å². The van der Waals surface area contributed by atoms with Crippen LogP contribution in [0.2, 0.25) is 0 Å². The second kappa shape index (κ2) is 6.45. The molecule has 0 saturated heterocycles. The van der Waals surface area contributed by atoms with E-state index in [1.165, 1.54) is 0 Å². The van der Waals surface area contributed by atoms with Crippen molar-refractivity contribution in [1.29, 1.82) is 0 Å². The number of ether oxygens (including phenoxy) is 1. The maximum atomic E-state index is 11.1. The number of benzene rings is 1. The fourth-order valence-corrected chi connectivity index (χ4v) is 2.20. The monoisotopic (exact) mass is 307 g/mol. The molecule has 2 aromatic rings. The predicted molar refractivity (Wildman–Crippen MR) is 83.0 cm³/mol. The number of hydrogen-bond donors (Lipinski definition) is 2. The minimum absolute atomic E-state index is 0.299. The Morgan fingerprint density at radius 3 is 2.38 bits per heavy atom. The molecule has 21 heavy (non-hydrogen) atoms. The normalized spacial score (nSPS) is 11.0. The summed E-state index contributed by atoms with van der Waals surface area (Å²) in [5.41, 5.74) is 1.92. The van der Waals surface area contributed by atoms with E-state index in [0.717, 1.165) is 23.3 Å². The van der Waals surface area contributed by atoms with Crippen molar-refractivity contribution >= 4 is 21.5 Å². The molecule has 1 heterocycles. The summed E-state index contributed by atoms with van der Waals surface area (Å²) < 4.78 is 29.6. The van der Waals surface area contributed by atoms with E-state index in [9.17, 15) is 8.42 Å². The molecule has 0 aliphatic rings. The summed E-state index contributed by atoms with van der Waals surface area (Å²) in [6.45, 7) is 0.643. The Morgan fingerprint density at radius 2 is 1.86 bits per heavy atom. The number of pyridine rings is 1. The zero-order valence-corrected chi connectivity index (χ0v) is 12.6. The average molecular weight is 307 g/mol. The maximum Gasteiger partial charge on any atom is 0.230 e. The third-order valence-electron chi connectivity index (χ3n) is 2.71. The molecule has 0 aliphatic heterocycles. The Bertz CT molecular complexity index is 682. The molecular formula is C14H17N3O3S. The minimum Gasteiger partial charge on any atom is -0.497 e. The first kappa shape index (κ1) is 15.1. The molecule has 7 heteroatoms. The lowest BCUT2D eigenvalue weighted by Crippen LogP contribution is -2.10. The molecule has 1 aromatic carbocycles. The molecule has 0 unspecified atom stereocenters. The van der Waals surface area contributed by atoms with Gasteiger partial charge in [-0.05, 0) is 29.8 Å². The predicted octanol–water partition coefficient (Wildman–Crippen LogP) is 2.07. The van der Waals surface area contributed by atoms with Crippen molar-refractivity contribution in [2.24, 2.45) is 0 Å². The third-order valence-corrected chi connectivity index (χ3v) is 3.29. The van der Waals surface area contributed by atoms with Crippen LogP contribution in [0.4, 0.5) is 11.5 Å². The Balaban J connectivity index is 1.94. The highest BCUT2D eigenvalue weighted by molar-refractivity contribution is 7.92. The zero-order valence-electron chi connectivity index (χ0n) is 11.8. The molecule has 0 amide bonds. The van der Waals surface area contributed by atoms with Gasteiger partial charge in [0.15, 0.2) is 0 Å². The summed E-state index contributed by atoms with van der Waals surface area (Å²) in [5.74, 6) is 1.11. The Hall–Kier alpha value is -2.28. The van der Waals surface area contributed by atoms with E-state index in [1.807, 2.05) is 24.3 Å². The molecule has 0 bridgehead atoms. The van der Waals surface area contributed by atoms with Crippen molar-refractivity contribution in [3.05, 3.63) is 48.2 Å². The van der Waals surface area contributed by atoms with Crippen molar-refractivity contribution < 1.29 is 13.2 Å². The van der Waals surface area contributed by atoms with Gasteiger partial charge in [0.1, 0.15) is 11.6 Å². The van der Waals surface area contributed by atoms with Gasteiger partial charge in [-0.25, -0.2) is 13.4 Å². The van der Waals surface area contributed by atoms with Gasteiger partial charge in [-0.2, -0.15) is 0 Å². The van der Waals surface area contributed by atoms with Crippen LogP contribution in [0.1, 0.15) is 5.56 Å². The lowest BCUT2D eigenvalue weighted by atomic mass is 10.2. The molecule has 0 saturated carbocycles. The topological polar surface area (TPSA) is 80.3 Å². The molecule has 6 nitrogen and oxygen atoms in total. The summed E-state index contributed by atoms with van der Waals surface area (Å²) in [7, 11) is -1.67. The molecule has 0 atom stereocenters. The molecule has 0 spiro atoms. The van der Waals surface area contributed by atoms with Gasteiger partial charge in [-0.1, -0.05) is 12.1 Å². The van der Waals surface area contributed by atoms with Crippen LogP contribution in [0.25, 0.3) is 0 Å². The molecule has 2 N–H and O–H groups in total. The van der Waals surface area contributed by atoms with Gasteiger partial charge < -0.3 is 10.1 Å². The van der Waals surface area contributed by atoms with E-state index in [-0.39, 0.29) is 0 Å². The quantitative estimate of drug-likeness (QED) is 0.854. The van der Waals surface area contributed by atoms with Crippen molar-refractivity contribution in [3.63, 3.8) is 0 Å². The molecule has 0 fully saturated rings. The number of rotatable bonds is 6. The first-order valence-electron chi connectivity index (χ1n) is 6.27. The highest BCUT2D eigenvalue weighted by atomic mass is 32.2. The first-order chi connectivity index (χ1) is 9.96. The molecule has 2 rings (SSSR count).